The summed E-state index contributed by atoms with van der Waals surface area (Å²) in [5, 5.41) is 19.5. The number of hydrogen-bond donors (Lipinski definition) is 2. The number of hydrogen-bond acceptors (Lipinski definition) is 4. The SMILES string of the molecule is Cc1cccc(Oc2ccc(C(=O)N3CCC[C@@](O)(CO)C3)cc2)c1. The molecule has 1 atom stereocenters. The van der Waals surface area contributed by atoms with Gasteiger partial charge in [0.05, 0.1) is 13.2 Å². The molecule has 0 aromatic heterocycles. The van der Waals surface area contributed by atoms with Crippen LogP contribution in [0.4, 0.5) is 0 Å². The van der Waals surface area contributed by atoms with E-state index in [9.17, 15) is 15.0 Å². The molecule has 1 fully saturated rings. The van der Waals surface area contributed by atoms with Crippen LogP contribution < -0.4 is 4.74 Å². The molecule has 25 heavy (non-hydrogen) atoms. The van der Waals surface area contributed by atoms with Crippen molar-refractivity contribution >= 4 is 5.91 Å². The zero-order chi connectivity index (χ0) is 17.9. The molecule has 1 heterocycles. The summed E-state index contributed by atoms with van der Waals surface area (Å²) in [7, 11) is 0. The number of amides is 1. The lowest BCUT2D eigenvalue weighted by molar-refractivity contribution is -0.0598. The van der Waals surface area contributed by atoms with E-state index in [-0.39, 0.29) is 19.1 Å². The van der Waals surface area contributed by atoms with E-state index < -0.39 is 5.60 Å². The summed E-state index contributed by atoms with van der Waals surface area (Å²) in [5.74, 6) is 1.27. The van der Waals surface area contributed by atoms with Crippen molar-refractivity contribution in [1.82, 2.24) is 4.90 Å². The number of aliphatic hydroxyl groups excluding tert-OH is 1. The molecule has 3 rings (SSSR count). The number of likely N-dealkylation sites (tertiary alicyclic amines) is 1. The Hall–Kier alpha value is -2.37. The summed E-state index contributed by atoms with van der Waals surface area (Å²) in [5.41, 5.74) is 0.465. The quantitative estimate of drug-likeness (QED) is 0.897. The second-order valence-electron chi connectivity index (χ2n) is 6.66. The van der Waals surface area contributed by atoms with Gasteiger partial charge in [0, 0.05) is 12.1 Å². The number of nitrogens with zero attached hydrogens (tertiary/aromatic N) is 1. The van der Waals surface area contributed by atoms with Gasteiger partial charge >= 0.3 is 0 Å². The Labute approximate surface area is 147 Å². The molecule has 0 radical (unpaired) electrons. The van der Waals surface area contributed by atoms with Gasteiger partial charge in [0.1, 0.15) is 17.1 Å². The maximum absolute atomic E-state index is 12.6. The van der Waals surface area contributed by atoms with Gasteiger partial charge in [-0.1, -0.05) is 12.1 Å². The zero-order valence-electron chi connectivity index (χ0n) is 14.3. The first kappa shape index (κ1) is 17.5. The summed E-state index contributed by atoms with van der Waals surface area (Å²) in [6, 6.07) is 14.7. The van der Waals surface area contributed by atoms with Crippen LogP contribution in [-0.2, 0) is 0 Å². The normalized spacial score (nSPS) is 20.4. The molecule has 0 bridgehead atoms. The van der Waals surface area contributed by atoms with E-state index >= 15 is 0 Å². The third-order valence-electron chi connectivity index (χ3n) is 4.46. The topological polar surface area (TPSA) is 70.0 Å². The van der Waals surface area contributed by atoms with Crippen LogP contribution in [0.25, 0.3) is 0 Å². The van der Waals surface area contributed by atoms with Crippen LogP contribution in [0.15, 0.2) is 48.5 Å². The number of carbonyl (C=O) groups is 1. The second kappa shape index (κ2) is 7.25. The van der Waals surface area contributed by atoms with Gasteiger partial charge in [-0.05, 0) is 61.7 Å². The van der Waals surface area contributed by atoms with Crippen LogP contribution in [0.1, 0.15) is 28.8 Å². The zero-order valence-corrected chi connectivity index (χ0v) is 14.3. The number of piperidine rings is 1. The number of benzene rings is 2. The van der Waals surface area contributed by atoms with Gasteiger partial charge in [-0.3, -0.25) is 4.79 Å². The largest absolute Gasteiger partial charge is 0.457 e. The number of rotatable bonds is 4. The number of aryl methyl sites for hydroxylation is 1. The van der Waals surface area contributed by atoms with Gasteiger partial charge in [-0.2, -0.15) is 0 Å². The molecular weight excluding hydrogens is 318 g/mol. The van der Waals surface area contributed by atoms with Crippen LogP contribution >= 0.6 is 0 Å². The van der Waals surface area contributed by atoms with E-state index in [4.69, 9.17) is 4.74 Å². The minimum absolute atomic E-state index is 0.145. The summed E-state index contributed by atoms with van der Waals surface area (Å²) in [6.45, 7) is 2.41. The molecule has 1 saturated heterocycles. The molecule has 132 valence electrons. The molecule has 2 aromatic carbocycles. The fraction of sp³-hybridized carbons (Fsp3) is 0.350. The number of β-amino-alcohol motifs (C(OH)–C–C–N with tert-alkyl or cyclic N) is 1. The Balaban J connectivity index is 1.68. The number of aliphatic hydroxyl groups is 2. The molecule has 0 unspecified atom stereocenters. The first-order valence-corrected chi connectivity index (χ1v) is 8.46. The van der Waals surface area contributed by atoms with Gasteiger partial charge in [0.2, 0.25) is 0 Å². The predicted molar refractivity (Wildman–Crippen MR) is 94.9 cm³/mol. The molecule has 1 aliphatic rings. The van der Waals surface area contributed by atoms with Crippen LogP contribution in [0.2, 0.25) is 0 Å². The van der Waals surface area contributed by atoms with Crippen molar-refractivity contribution in [2.45, 2.75) is 25.4 Å². The van der Waals surface area contributed by atoms with Crippen LogP contribution in [0, 0.1) is 6.92 Å². The summed E-state index contributed by atoms with van der Waals surface area (Å²) < 4.78 is 5.79. The van der Waals surface area contributed by atoms with Crippen molar-refractivity contribution in [1.29, 1.82) is 0 Å². The standard InChI is InChI=1S/C20H23NO4/c1-15-4-2-5-18(12-15)25-17-8-6-16(7-9-17)19(23)21-11-3-10-20(24,13-21)14-22/h2,4-9,12,22,24H,3,10-11,13-14H2,1H3/t20-/m0/s1. The Kier molecular flexibility index (Phi) is 5.06. The first-order chi connectivity index (χ1) is 12.0. The van der Waals surface area contributed by atoms with E-state index in [1.165, 1.54) is 0 Å². The minimum Gasteiger partial charge on any atom is -0.457 e. The van der Waals surface area contributed by atoms with Gasteiger partial charge in [-0.25, -0.2) is 0 Å². The van der Waals surface area contributed by atoms with Gasteiger partial charge < -0.3 is 19.8 Å². The monoisotopic (exact) mass is 341 g/mol. The molecule has 0 spiro atoms. The highest BCUT2D eigenvalue weighted by Crippen LogP contribution is 2.25. The highest BCUT2D eigenvalue weighted by Gasteiger charge is 2.34. The van der Waals surface area contributed by atoms with E-state index in [1.807, 2.05) is 31.2 Å². The van der Waals surface area contributed by atoms with Crippen molar-refractivity contribution in [2.75, 3.05) is 19.7 Å². The lowest BCUT2D eigenvalue weighted by atomic mass is 9.93. The molecule has 0 aliphatic carbocycles. The lowest BCUT2D eigenvalue weighted by Gasteiger charge is -2.38. The van der Waals surface area contributed by atoms with Crippen LogP contribution in [-0.4, -0.2) is 46.3 Å². The van der Waals surface area contributed by atoms with Crippen LogP contribution in [0.3, 0.4) is 0 Å². The third kappa shape index (κ3) is 4.18. The number of carbonyl (C=O) groups excluding carboxylic acids is 1. The Morgan fingerprint density at radius 2 is 1.96 bits per heavy atom. The Morgan fingerprint density at radius 3 is 2.64 bits per heavy atom. The van der Waals surface area contributed by atoms with E-state index in [0.29, 0.717) is 30.7 Å². The fourth-order valence-electron chi connectivity index (χ4n) is 3.08. The lowest BCUT2D eigenvalue weighted by Crippen LogP contribution is -2.52. The van der Waals surface area contributed by atoms with Crippen molar-refractivity contribution in [2.24, 2.45) is 0 Å². The van der Waals surface area contributed by atoms with E-state index in [0.717, 1.165) is 11.3 Å². The first-order valence-electron chi connectivity index (χ1n) is 8.46. The van der Waals surface area contributed by atoms with E-state index in [2.05, 4.69) is 0 Å². The van der Waals surface area contributed by atoms with Crippen molar-refractivity contribution in [3.8, 4) is 11.5 Å². The van der Waals surface area contributed by atoms with Gasteiger partial charge in [0.25, 0.3) is 5.91 Å². The van der Waals surface area contributed by atoms with Crippen molar-refractivity contribution in [3.63, 3.8) is 0 Å². The predicted octanol–water partition coefficient (Wildman–Crippen LogP) is 2.75. The third-order valence-corrected chi connectivity index (χ3v) is 4.46. The molecule has 2 aromatic rings. The average Bonchev–Trinajstić information content (AvgIpc) is 2.62. The van der Waals surface area contributed by atoms with Gasteiger partial charge in [-0.15, -0.1) is 0 Å². The van der Waals surface area contributed by atoms with Gasteiger partial charge in [0.15, 0.2) is 0 Å². The maximum Gasteiger partial charge on any atom is 0.253 e. The average molecular weight is 341 g/mol. The Bertz CT molecular complexity index is 744. The smallest absolute Gasteiger partial charge is 0.253 e. The molecule has 1 amide bonds. The highest BCUT2D eigenvalue weighted by atomic mass is 16.5. The van der Waals surface area contributed by atoms with Crippen LogP contribution in [0.5, 0.6) is 11.5 Å². The summed E-state index contributed by atoms with van der Waals surface area (Å²) in [6.07, 6.45) is 1.19. The molecular formula is C20H23NO4. The fourth-order valence-corrected chi connectivity index (χ4v) is 3.08. The Morgan fingerprint density at radius 1 is 1.20 bits per heavy atom. The second-order valence-corrected chi connectivity index (χ2v) is 6.66. The maximum atomic E-state index is 12.6. The minimum atomic E-state index is -1.19. The molecule has 1 aliphatic heterocycles. The highest BCUT2D eigenvalue weighted by molar-refractivity contribution is 5.94. The molecule has 5 heteroatoms. The molecule has 2 N–H and O–H groups in total. The summed E-state index contributed by atoms with van der Waals surface area (Å²) in [4.78, 5) is 14.2. The summed E-state index contributed by atoms with van der Waals surface area (Å²) >= 11 is 0. The van der Waals surface area contributed by atoms with E-state index in [1.54, 1.807) is 29.2 Å². The number of ether oxygens (including phenoxy) is 1. The van der Waals surface area contributed by atoms with Crippen molar-refractivity contribution in [3.05, 3.63) is 59.7 Å². The van der Waals surface area contributed by atoms with Crippen molar-refractivity contribution < 1.29 is 19.7 Å². The molecule has 5 nitrogen and oxygen atoms in total. The molecule has 0 saturated carbocycles.